The minimum Gasteiger partial charge on any atom is -0.476 e. The molecule has 11 heteroatoms. The van der Waals surface area contributed by atoms with E-state index in [1.807, 2.05) is 5.10 Å². The Labute approximate surface area is 85.6 Å². The summed E-state index contributed by atoms with van der Waals surface area (Å²) in [5.41, 5.74) is -1.62. The van der Waals surface area contributed by atoms with Crippen LogP contribution in [0.4, 0.5) is 5.69 Å². The Morgan fingerprint density at radius 1 is 1.44 bits per heavy atom. The molecule has 0 atom stereocenters. The summed E-state index contributed by atoms with van der Waals surface area (Å²) in [5, 5.41) is 37.1. The summed E-state index contributed by atoms with van der Waals surface area (Å²) in [6.45, 7) is 0. The summed E-state index contributed by atoms with van der Waals surface area (Å²) in [6, 6.07) is 0. The third-order valence-corrected chi connectivity index (χ3v) is 1.69. The van der Waals surface area contributed by atoms with Crippen LogP contribution in [0.2, 0.25) is 0 Å². The van der Waals surface area contributed by atoms with Crippen molar-refractivity contribution >= 4 is 11.7 Å². The van der Waals surface area contributed by atoms with E-state index in [0.717, 1.165) is 0 Å². The Balaban J connectivity index is 2.64. The number of nitrogens with one attached hydrogen (secondary N) is 2. The maximum absolute atomic E-state index is 10.7. The molecule has 0 saturated carbocycles. The lowest BCUT2D eigenvalue weighted by Gasteiger charge is -1.90. The van der Waals surface area contributed by atoms with Crippen molar-refractivity contribution in [3.05, 3.63) is 15.8 Å². The zero-order chi connectivity index (χ0) is 11.7. The molecule has 2 aromatic rings. The molecule has 0 aromatic carbocycles. The van der Waals surface area contributed by atoms with Gasteiger partial charge in [0.2, 0.25) is 17.2 Å². The lowest BCUT2D eigenvalue weighted by Crippen LogP contribution is -2.02. The van der Waals surface area contributed by atoms with Crippen LogP contribution in [-0.2, 0) is 0 Å². The van der Waals surface area contributed by atoms with E-state index in [1.165, 1.54) is 0 Å². The molecule has 82 valence electrons. The third-order valence-electron chi connectivity index (χ3n) is 1.69. The highest BCUT2D eigenvalue weighted by Gasteiger charge is 2.31. The first-order valence-electron chi connectivity index (χ1n) is 3.81. The highest BCUT2D eigenvalue weighted by atomic mass is 16.6. The van der Waals surface area contributed by atoms with Gasteiger partial charge in [-0.2, -0.15) is 10.3 Å². The highest BCUT2D eigenvalue weighted by molar-refractivity contribution is 5.93. The average Bonchev–Trinajstić information content (AvgIpc) is 2.85. The maximum atomic E-state index is 10.7. The number of hydrogen-bond acceptors (Lipinski definition) is 7. The first-order valence-corrected chi connectivity index (χ1v) is 3.81. The SMILES string of the molecule is O=C(O)c1[nH]nc(-c2nn[nH]n2)c1[N+](=O)[O-]. The summed E-state index contributed by atoms with van der Waals surface area (Å²) in [6.07, 6.45) is 0. The molecule has 3 N–H and O–H groups in total. The number of aromatic carboxylic acids is 1. The van der Waals surface area contributed by atoms with E-state index in [2.05, 4.69) is 25.7 Å². The number of carboxylic acid groups (broad SMARTS) is 1. The summed E-state index contributed by atoms with van der Waals surface area (Å²) >= 11 is 0. The normalized spacial score (nSPS) is 10.2. The van der Waals surface area contributed by atoms with E-state index >= 15 is 0 Å². The number of aromatic amines is 2. The second-order valence-corrected chi connectivity index (χ2v) is 2.59. The van der Waals surface area contributed by atoms with Crippen LogP contribution in [0.1, 0.15) is 10.5 Å². The van der Waals surface area contributed by atoms with Crippen molar-refractivity contribution in [3.8, 4) is 11.5 Å². The van der Waals surface area contributed by atoms with Gasteiger partial charge >= 0.3 is 11.7 Å². The summed E-state index contributed by atoms with van der Waals surface area (Å²) in [7, 11) is 0. The zero-order valence-electron chi connectivity index (χ0n) is 7.41. The lowest BCUT2D eigenvalue weighted by atomic mass is 10.3. The number of aromatic nitrogens is 6. The molecule has 0 aliphatic rings. The van der Waals surface area contributed by atoms with Gasteiger partial charge in [-0.25, -0.2) is 4.79 Å². The van der Waals surface area contributed by atoms with E-state index in [1.54, 1.807) is 0 Å². The van der Waals surface area contributed by atoms with Crippen molar-refractivity contribution in [1.29, 1.82) is 0 Å². The molecule has 0 unspecified atom stereocenters. The van der Waals surface area contributed by atoms with Gasteiger partial charge in [-0.15, -0.1) is 10.2 Å². The first-order chi connectivity index (χ1) is 7.61. The summed E-state index contributed by atoms with van der Waals surface area (Å²) in [4.78, 5) is 20.5. The van der Waals surface area contributed by atoms with Gasteiger partial charge in [-0.05, 0) is 5.21 Å². The number of tetrazole rings is 1. The molecule has 2 heterocycles. The minimum absolute atomic E-state index is 0.157. The topological polar surface area (TPSA) is 164 Å². The van der Waals surface area contributed by atoms with E-state index in [9.17, 15) is 14.9 Å². The van der Waals surface area contributed by atoms with Crippen LogP contribution in [0.5, 0.6) is 0 Å². The monoisotopic (exact) mass is 225 g/mol. The largest absolute Gasteiger partial charge is 0.476 e. The predicted molar refractivity (Wildman–Crippen MR) is 45.4 cm³/mol. The van der Waals surface area contributed by atoms with Crippen molar-refractivity contribution in [3.63, 3.8) is 0 Å². The number of H-pyrrole nitrogens is 2. The molecule has 0 amide bonds. The first kappa shape index (κ1) is 9.70. The fourth-order valence-corrected chi connectivity index (χ4v) is 1.08. The quantitative estimate of drug-likeness (QED) is 0.451. The predicted octanol–water partition coefficient (Wildman–Crippen LogP) is -0.804. The van der Waals surface area contributed by atoms with Crippen molar-refractivity contribution in [2.24, 2.45) is 0 Å². The van der Waals surface area contributed by atoms with Gasteiger partial charge in [0.15, 0.2) is 0 Å². The molecule has 0 saturated heterocycles. The molecule has 0 bridgehead atoms. The molecule has 2 aromatic heterocycles. The van der Waals surface area contributed by atoms with E-state index in [-0.39, 0.29) is 11.5 Å². The van der Waals surface area contributed by atoms with Crippen molar-refractivity contribution in [2.75, 3.05) is 0 Å². The number of hydrogen-bond donors (Lipinski definition) is 3. The standard InChI is InChI=1S/C5H3N7O4/c13-5(14)2-3(12(15)16)1(6-7-2)4-8-10-11-9-4/h(H,6,7)(H,13,14)(H,8,9,10,11). The molecule has 11 nitrogen and oxygen atoms in total. The van der Waals surface area contributed by atoms with Gasteiger partial charge < -0.3 is 5.11 Å². The van der Waals surface area contributed by atoms with Crippen LogP contribution in [0.15, 0.2) is 0 Å². The Bertz CT molecular complexity index is 543. The van der Waals surface area contributed by atoms with Gasteiger partial charge in [0.05, 0.1) is 4.92 Å². The third kappa shape index (κ3) is 1.35. The molecule has 0 spiro atoms. The molecule has 2 rings (SSSR count). The summed E-state index contributed by atoms with van der Waals surface area (Å²) < 4.78 is 0. The Hall–Kier alpha value is -2.85. The highest BCUT2D eigenvalue weighted by Crippen LogP contribution is 2.27. The molecule has 0 aliphatic carbocycles. The van der Waals surface area contributed by atoms with Crippen molar-refractivity contribution in [1.82, 2.24) is 30.8 Å². The van der Waals surface area contributed by atoms with Crippen LogP contribution < -0.4 is 0 Å². The van der Waals surface area contributed by atoms with Crippen molar-refractivity contribution < 1.29 is 14.8 Å². The Kier molecular flexibility index (Phi) is 2.05. The smallest absolute Gasteiger partial charge is 0.361 e. The molecular weight excluding hydrogens is 222 g/mol. The van der Waals surface area contributed by atoms with Gasteiger partial charge in [-0.1, -0.05) is 0 Å². The Morgan fingerprint density at radius 2 is 2.19 bits per heavy atom. The van der Waals surface area contributed by atoms with Gasteiger partial charge in [0.1, 0.15) is 0 Å². The minimum atomic E-state index is -1.49. The van der Waals surface area contributed by atoms with E-state index in [4.69, 9.17) is 5.11 Å². The second kappa shape index (κ2) is 3.38. The number of carboxylic acids is 1. The van der Waals surface area contributed by atoms with Crippen LogP contribution in [0, 0.1) is 10.1 Å². The van der Waals surface area contributed by atoms with Crippen LogP contribution >= 0.6 is 0 Å². The number of rotatable bonds is 3. The number of carbonyl (C=O) groups is 1. The fourth-order valence-electron chi connectivity index (χ4n) is 1.08. The maximum Gasteiger partial charge on any atom is 0.361 e. The molecular formula is C5H3N7O4. The van der Waals surface area contributed by atoms with Crippen LogP contribution in [0.3, 0.4) is 0 Å². The lowest BCUT2D eigenvalue weighted by molar-refractivity contribution is -0.384. The second-order valence-electron chi connectivity index (χ2n) is 2.59. The van der Waals surface area contributed by atoms with Crippen LogP contribution in [0.25, 0.3) is 11.5 Å². The molecule has 16 heavy (non-hydrogen) atoms. The summed E-state index contributed by atoms with van der Waals surface area (Å²) in [5.74, 6) is -1.65. The van der Waals surface area contributed by atoms with Gasteiger partial charge in [0.25, 0.3) is 0 Å². The van der Waals surface area contributed by atoms with E-state index in [0.29, 0.717) is 0 Å². The zero-order valence-corrected chi connectivity index (χ0v) is 7.41. The molecule has 0 radical (unpaired) electrons. The Morgan fingerprint density at radius 3 is 2.69 bits per heavy atom. The molecule has 0 aliphatic heterocycles. The van der Waals surface area contributed by atoms with Gasteiger partial charge in [-0.3, -0.25) is 15.2 Å². The average molecular weight is 225 g/mol. The fraction of sp³-hybridized carbons (Fsp3) is 0. The van der Waals surface area contributed by atoms with Crippen LogP contribution in [-0.4, -0.2) is 46.8 Å². The van der Waals surface area contributed by atoms with E-state index < -0.39 is 22.3 Å². The number of nitrogens with zero attached hydrogens (tertiary/aromatic N) is 5. The molecule has 0 fully saturated rings. The van der Waals surface area contributed by atoms with Crippen molar-refractivity contribution in [2.45, 2.75) is 0 Å². The number of nitro groups is 1. The van der Waals surface area contributed by atoms with Gasteiger partial charge in [0, 0.05) is 0 Å².